The van der Waals surface area contributed by atoms with Crippen molar-refractivity contribution in [1.82, 2.24) is 15.1 Å². The molecular weight excluding hydrogens is 408 g/mol. The maximum Gasteiger partial charge on any atom is 0.270 e. The van der Waals surface area contributed by atoms with E-state index in [2.05, 4.69) is 31.0 Å². The number of non-ortho nitro benzene ring substituents is 1. The largest absolute Gasteiger partial charge is 0.419 e. The molecule has 1 heterocycles. The summed E-state index contributed by atoms with van der Waals surface area (Å²) in [6, 6.07) is 11.6. The summed E-state index contributed by atoms with van der Waals surface area (Å²) in [7, 11) is 1.56. The number of nitro benzene ring substituents is 1. The summed E-state index contributed by atoms with van der Waals surface area (Å²) in [5, 5.41) is 18.9. The van der Waals surface area contributed by atoms with Gasteiger partial charge in [-0.1, -0.05) is 44.5 Å². The van der Waals surface area contributed by atoms with Crippen molar-refractivity contribution in [2.45, 2.75) is 32.7 Å². The van der Waals surface area contributed by atoms with E-state index in [1.54, 1.807) is 7.05 Å². The molecule has 1 amide bonds. The van der Waals surface area contributed by atoms with Crippen molar-refractivity contribution in [3.63, 3.8) is 0 Å². The number of carbonyl (C=O) groups is 1. The van der Waals surface area contributed by atoms with Crippen LogP contribution in [0.4, 0.5) is 5.69 Å². The van der Waals surface area contributed by atoms with Gasteiger partial charge in [-0.05, 0) is 29.2 Å². The van der Waals surface area contributed by atoms with Crippen LogP contribution in [0.25, 0.3) is 11.5 Å². The van der Waals surface area contributed by atoms with Crippen LogP contribution in [0.3, 0.4) is 0 Å². The van der Waals surface area contributed by atoms with Gasteiger partial charge in [0.1, 0.15) is 0 Å². The Balaban J connectivity index is 1.72. The third-order valence-electron chi connectivity index (χ3n) is 4.58. The molecule has 30 heavy (non-hydrogen) atoms. The van der Waals surface area contributed by atoms with E-state index in [1.165, 1.54) is 22.6 Å². The van der Waals surface area contributed by atoms with E-state index < -0.39 is 10.8 Å². The Hall–Kier alpha value is -3.26. The van der Waals surface area contributed by atoms with Gasteiger partial charge in [0.05, 0.1) is 22.1 Å². The number of benzene rings is 2. The van der Waals surface area contributed by atoms with Crippen LogP contribution < -0.4 is 0 Å². The molecule has 0 aliphatic rings. The molecule has 3 rings (SSSR count). The van der Waals surface area contributed by atoms with Crippen LogP contribution in [0.15, 0.2) is 46.9 Å². The highest BCUT2D eigenvalue weighted by Crippen LogP contribution is 2.26. The summed E-state index contributed by atoms with van der Waals surface area (Å²) in [4.78, 5) is 24.2. The Bertz CT molecular complexity index is 1090. The predicted octanol–water partition coefficient (Wildman–Crippen LogP) is 4.87. The average molecular weight is 429 g/mol. The first-order chi connectivity index (χ1) is 14.1. The minimum atomic E-state index is -0.572. The van der Waals surface area contributed by atoms with Gasteiger partial charge in [0.15, 0.2) is 0 Å². The zero-order valence-corrected chi connectivity index (χ0v) is 17.8. The van der Waals surface area contributed by atoms with Gasteiger partial charge in [0, 0.05) is 24.7 Å². The van der Waals surface area contributed by atoms with Gasteiger partial charge >= 0.3 is 0 Å². The number of aromatic nitrogens is 2. The molecule has 9 heteroatoms. The molecule has 0 radical (unpaired) electrons. The van der Waals surface area contributed by atoms with Gasteiger partial charge in [-0.15, -0.1) is 10.2 Å². The number of nitro groups is 1. The Morgan fingerprint density at radius 2 is 1.83 bits per heavy atom. The van der Waals surface area contributed by atoms with E-state index >= 15 is 0 Å². The summed E-state index contributed by atoms with van der Waals surface area (Å²) < 4.78 is 5.69. The molecule has 2 aromatic carbocycles. The molecule has 0 saturated heterocycles. The topological polar surface area (TPSA) is 102 Å². The van der Waals surface area contributed by atoms with E-state index in [4.69, 9.17) is 16.0 Å². The lowest BCUT2D eigenvalue weighted by Crippen LogP contribution is -2.26. The second-order valence-electron chi connectivity index (χ2n) is 7.91. The van der Waals surface area contributed by atoms with E-state index in [1.807, 2.05) is 24.3 Å². The fourth-order valence-corrected chi connectivity index (χ4v) is 3.07. The quantitative estimate of drug-likeness (QED) is 0.424. The lowest BCUT2D eigenvalue weighted by Gasteiger charge is -2.18. The average Bonchev–Trinajstić information content (AvgIpc) is 3.15. The van der Waals surface area contributed by atoms with Crippen molar-refractivity contribution in [1.29, 1.82) is 0 Å². The van der Waals surface area contributed by atoms with Crippen molar-refractivity contribution in [2.24, 2.45) is 0 Å². The maximum absolute atomic E-state index is 12.6. The molecule has 0 fully saturated rings. The highest BCUT2D eigenvalue weighted by atomic mass is 35.5. The lowest BCUT2D eigenvalue weighted by molar-refractivity contribution is -0.384. The van der Waals surface area contributed by atoms with E-state index in [0.29, 0.717) is 5.89 Å². The van der Waals surface area contributed by atoms with Crippen molar-refractivity contribution < 1.29 is 14.1 Å². The summed E-state index contributed by atoms with van der Waals surface area (Å²) >= 11 is 6.04. The summed E-state index contributed by atoms with van der Waals surface area (Å²) in [5.41, 5.74) is 1.99. The molecule has 0 N–H and O–H groups in total. The van der Waals surface area contributed by atoms with E-state index in [9.17, 15) is 14.9 Å². The molecular formula is C21H21ClN4O4. The number of hydrogen-bond donors (Lipinski definition) is 0. The number of carbonyl (C=O) groups excluding carboxylic acids is 1. The van der Waals surface area contributed by atoms with Gasteiger partial charge in [0.2, 0.25) is 11.8 Å². The van der Waals surface area contributed by atoms with E-state index in [-0.39, 0.29) is 34.1 Å². The fourth-order valence-electron chi connectivity index (χ4n) is 2.82. The van der Waals surface area contributed by atoms with Gasteiger partial charge in [0.25, 0.3) is 11.6 Å². The SMILES string of the molecule is CN(Cc1nnc(-c2ccc(C(C)(C)C)cc2)o1)C(=O)c1ccc([N+](=O)[O-])cc1Cl. The summed E-state index contributed by atoms with van der Waals surface area (Å²) in [6.45, 7) is 6.48. The molecule has 156 valence electrons. The maximum atomic E-state index is 12.6. The second-order valence-corrected chi connectivity index (χ2v) is 8.32. The summed E-state index contributed by atoms with van der Waals surface area (Å²) in [5.74, 6) is 0.211. The van der Waals surface area contributed by atoms with Gasteiger partial charge in [-0.3, -0.25) is 14.9 Å². The highest BCUT2D eigenvalue weighted by molar-refractivity contribution is 6.34. The third-order valence-corrected chi connectivity index (χ3v) is 4.89. The standard InChI is InChI=1S/C21H21ClN4O4/c1-21(2,3)14-7-5-13(6-8-14)19-24-23-18(30-19)12-25(4)20(27)16-10-9-15(26(28)29)11-17(16)22/h5-11H,12H2,1-4H3. The molecule has 0 aliphatic carbocycles. The Morgan fingerprint density at radius 3 is 2.40 bits per heavy atom. The summed E-state index contributed by atoms with van der Waals surface area (Å²) in [6.07, 6.45) is 0. The fraction of sp³-hybridized carbons (Fsp3) is 0.286. The first-order valence-corrected chi connectivity index (χ1v) is 9.57. The first-order valence-electron chi connectivity index (χ1n) is 9.19. The normalized spacial score (nSPS) is 11.4. The predicted molar refractivity (Wildman–Crippen MR) is 112 cm³/mol. The van der Waals surface area contributed by atoms with E-state index in [0.717, 1.165) is 11.6 Å². The molecule has 8 nitrogen and oxygen atoms in total. The lowest BCUT2D eigenvalue weighted by atomic mass is 9.87. The van der Waals surface area contributed by atoms with Crippen LogP contribution in [-0.4, -0.2) is 33.0 Å². The number of halogens is 1. The first kappa shape index (κ1) is 21.4. The minimum absolute atomic E-state index is 0.00575. The third kappa shape index (κ3) is 4.65. The van der Waals surface area contributed by atoms with Crippen molar-refractivity contribution in [2.75, 3.05) is 7.05 Å². The number of nitrogens with zero attached hydrogens (tertiary/aromatic N) is 4. The van der Waals surface area contributed by atoms with Crippen LogP contribution in [0.5, 0.6) is 0 Å². The molecule has 0 saturated carbocycles. The van der Waals surface area contributed by atoms with Crippen LogP contribution >= 0.6 is 11.6 Å². The number of hydrogen-bond acceptors (Lipinski definition) is 6. The second kappa shape index (κ2) is 8.23. The van der Waals surface area contributed by atoms with Crippen molar-refractivity contribution in [3.8, 4) is 11.5 Å². The van der Waals surface area contributed by atoms with Crippen LogP contribution in [0.2, 0.25) is 5.02 Å². The molecule has 0 atom stereocenters. The molecule has 0 unspecified atom stereocenters. The highest BCUT2D eigenvalue weighted by Gasteiger charge is 2.20. The minimum Gasteiger partial charge on any atom is -0.419 e. The van der Waals surface area contributed by atoms with Gasteiger partial charge in [-0.2, -0.15) is 0 Å². The number of amides is 1. The monoisotopic (exact) mass is 428 g/mol. The molecule has 1 aromatic heterocycles. The molecule has 0 spiro atoms. The molecule has 0 aliphatic heterocycles. The zero-order chi connectivity index (χ0) is 22.1. The smallest absolute Gasteiger partial charge is 0.270 e. The van der Waals surface area contributed by atoms with Crippen LogP contribution in [0, 0.1) is 10.1 Å². The molecule has 0 bridgehead atoms. The molecule has 3 aromatic rings. The zero-order valence-electron chi connectivity index (χ0n) is 17.0. The van der Waals surface area contributed by atoms with Crippen LogP contribution in [0.1, 0.15) is 42.6 Å². The Kier molecular flexibility index (Phi) is 5.89. The Morgan fingerprint density at radius 1 is 1.17 bits per heavy atom. The van der Waals surface area contributed by atoms with Gasteiger partial charge in [-0.25, -0.2) is 0 Å². The Labute approximate surface area is 178 Å². The van der Waals surface area contributed by atoms with Gasteiger partial charge < -0.3 is 9.32 Å². The van der Waals surface area contributed by atoms with Crippen molar-refractivity contribution in [3.05, 3.63) is 74.6 Å². The van der Waals surface area contributed by atoms with Crippen LogP contribution in [-0.2, 0) is 12.0 Å². The van der Waals surface area contributed by atoms with Crippen molar-refractivity contribution >= 4 is 23.2 Å². The number of rotatable bonds is 5.